The predicted octanol–water partition coefficient (Wildman–Crippen LogP) is 3.98. The van der Waals surface area contributed by atoms with E-state index in [1.165, 1.54) is 32.1 Å². The number of hydrogen-bond donors (Lipinski definition) is 2. The highest BCUT2D eigenvalue weighted by Crippen LogP contribution is 2.30. The van der Waals surface area contributed by atoms with Gasteiger partial charge in [-0.25, -0.2) is 0 Å². The lowest BCUT2D eigenvalue weighted by molar-refractivity contribution is 0.0942. The highest BCUT2D eigenvalue weighted by Gasteiger charge is 2.20. The molecular weight excluding hydrogens is 316 g/mol. The van der Waals surface area contributed by atoms with E-state index in [4.69, 9.17) is 5.73 Å². The molecule has 2 rings (SSSR count). The molecule has 1 aromatic rings. The first-order valence-electron chi connectivity index (χ1n) is 7.43. The minimum absolute atomic E-state index is 0.0624. The second-order valence-corrected chi connectivity index (χ2v) is 6.65. The van der Waals surface area contributed by atoms with Crippen molar-refractivity contribution in [2.75, 3.05) is 12.3 Å². The maximum atomic E-state index is 12.1. The van der Waals surface area contributed by atoms with Crippen molar-refractivity contribution in [3.05, 3.63) is 28.2 Å². The molecule has 1 aliphatic rings. The van der Waals surface area contributed by atoms with Crippen molar-refractivity contribution >= 4 is 27.5 Å². The molecule has 1 aliphatic carbocycles. The zero-order chi connectivity index (χ0) is 14.5. The molecule has 3 nitrogen and oxygen atoms in total. The second kappa shape index (κ2) is 7.11. The van der Waals surface area contributed by atoms with Crippen LogP contribution >= 0.6 is 15.9 Å². The molecule has 4 heteroatoms. The third-order valence-electron chi connectivity index (χ3n) is 4.35. The van der Waals surface area contributed by atoms with Crippen LogP contribution in [0.3, 0.4) is 0 Å². The Morgan fingerprint density at radius 1 is 1.30 bits per heavy atom. The van der Waals surface area contributed by atoms with Crippen LogP contribution in [0.2, 0.25) is 0 Å². The van der Waals surface area contributed by atoms with Gasteiger partial charge in [0.25, 0.3) is 5.91 Å². The smallest absolute Gasteiger partial charge is 0.253 e. The van der Waals surface area contributed by atoms with Gasteiger partial charge < -0.3 is 11.1 Å². The van der Waals surface area contributed by atoms with Crippen molar-refractivity contribution in [1.82, 2.24) is 5.32 Å². The van der Waals surface area contributed by atoms with Crippen LogP contribution in [0.5, 0.6) is 0 Å². The van der Waals surface area contributed by atoms with Gasteiger partial charge in [0.15, 0.2) is 0 Å². The Kier molecular flexibility index (Phi) is 5.46. The highest BCUT2D eigenvalue weighted by molar-refractivity contribution is 9.10. The summed E-state index contributed by atoms with van der Waals surface area (Å²) < 4.78 is 0.893. The molecule has 1 fully saturated rings. The molecule has 0 aliphatic heterocycles. The SMILES string of the molecule is CCC1CCC(CNC(=O)c2ccc(Br)cc2N)CC1. The van der Waals surface area contributed by atoms with E-state index in [1.54, 1.807) is 12.1 Å². The van der Waals surface area contributed by atoms with E-state index < -0.39 is 0 Å². The second-order valence-electron chi connectivity index (χ2n) is 5.74. The van der Waals surface area contributed by atoms with Crippen molar-refractivity contribution in [2.45, 2.75) is 39.0 Å². The molecule has 0 aromatic heterocycles. The number of benzene rings is 1. The molecule has 110 valence electrons. The topological polar surface area (TPSA) is 55.1 Å². The fourth-order valence-electron chi connectivity index (χ4n) is 2.92. The van der Waals surface area contributed by atoms with Gasteiger partial charge in [0.05, 0.1) is 5.56 Å². The summed E-state index contributed by atoms with van der Waals surface area (Å²) in [7, 11) is 0. The summed E-state index contributed by atoms with van der Waals surface area (Å²) in [4.78, 5) is 12.1. The lowest BCUT2D eigenvalue weighted by Gasteiger charge is -2.27. The summed E-state index contributed by atoms with van der Waals surface area (Å²) in [6, 6.07) is 5.38. The normalized spacial score (nSPS) is 22.5. The van der Waals surface area contributed by atoms with Crippen LogP contribution in [0.25, 0.3) is 0 Å². The average Bonchev–Trinajstić information content (AvgIpc) is 2.45. The summed E-state index contributed by atoms with van der Waals surface area (Å²) in [6.45, 7) is 3.04. The summed E-state index contributed by atoms with van der Waals surface area (Å²) in [5, 5.41) is 3.03. The Morgan fingerprint density at radius 2 is 1.95 bits per heavy atom. The molecule has 1 saturated carbocycles. The molecule has 0 unspecified atom stereocenters. The highest BCUT2D eigenvalue weighted by atomic mass is 79.9. The summed E-state index contributed by atoms with van der Waals surface area (Å²) >= 11 is 3.35. The van der Waals surface area contributed by atoms with Crippen LogP contribution in [-0.4, -0.2) is 12.5 Å². The first-order chi connectivity index (χ1) is 9.60. The number of rotatable bonds is 4. The third-order valence-corrected chi connectivity index (χ3v) is 4.85. The van der Waals surface area contributed by atoms with E-state index in [-0.39, 0.29) is 5.91 Å². The van der Waals surface area contributed by atoms with Crippen LogP contribution in [0, 0.1) is 11.8 Å². The van der Waals surface area contributed by atoms with Gasteiger partial charge in [-0.1, -0.05) is 42.1 Å². The number of nitrogen functional groups attached to an aromatic ring is 1. The number of amides is 1. The van der Waals surface area contributed by atoms with Gasteiger partial charge in [0, 0.05) is 16.7 Å². The van der Waals surface area contributed by atoms with Crippen LogP contribution in [0.1, 0.15) is 49.4 Å². The number of hydrogen-bond acceptors (Lipinski definition) is 2. The van der Waals surface area contributed by atoms with Gasteiger partial charge in [0.2, 0.25) is 0 Å². The maximum absolute atomic E-state index is 12.1. The van der Waals surface area contributed by atoms with Crippen molar-refractivity contribution < 1.29 is 4.79 Å². The number of halogens is 1. The van der Waals surface area contributed by atoms with Gasteiger partial charge in [-0.2, -0.15) is 0 Å². The molecule has 0 radical (unpaired) electrons. The Morgan fingerprint density at radius 3 is 2.55 bits per heavy atom. The van der Waals surface area contributed by atoms with Crippen molar-refractivity contribution in [3.8, 4) is 0 Å². The minimum Gasteiger partial charge on any atom is -0.398 e. The van der Waals surface area contributed by atoms with E-state index in [1.807, 2.05) is 6.07 Å². The standard InChI is InChI=1S/C16H23BrN2O/c1-2-11-3-5-12(6-4-11)10-19-16(20)14-8-7-13(17)9-15(14)18/h7-9,11-12H,2-6,10,18H2,1H3,(H,19,20). The molecule has 0 spiro atoms. The van der Waals surface area contributed by atoms with Gasteiger partial charge >= 0.3 is 0 Å². The Labute approximate surface area is 129 Å². The van der Waals surface area contributed by atoms with Gasteiger partial charge in [-0.15, -0.1) is 0 Å². The predicted molar refractivity (Wildman–Crippen MR) is 86.6 cm³/mol. The monoisotopic (exact) mass is 338 g/mol. The first kappa shape index (κ1) is 15.4. The molecule has 3 N–H and O–H groups in total. The fourth-order valence-corrected chi connectivity index (χ4v) is 3.30. The van der Waals surface area contributed by atoms with Crippen LogP contribution < -0.4 is 11.1 Å². The van der Waals surface area contributed by atoms with E-state index in [0.29, 0.717) is 17.2 Å². The van der Waals surface area contributed by atoms with Crippen molar-refractivity contribution in [2.24, 2.45) is 11.8 Å². The molecule has 0 heterocycles. The van der Waals surface area contributed by atoms with E-state index in [0.717, 1.165) is 16.9 Å². The first-order valence-corrected chi connectivity index (χ1v) is 8.22. The molecule has 1 aromatic carbocycles. The lowest BCUT2D eigenvalue weighted by Crippen LogP contribution is -2.31. The number of nitrogens with two attached hydrogens (primary N) is 1. The third kappa shape index (κ3) is 3.98. The molecule has 20 heavy (non-hydrogen) atoms. The largest absolute Gasteiger partial charge is 0.398 e. The van der Waals surface area contributed by atoms with Crippen molar-refractivity contribution in [3.63, 3.8) is 0 Å². The van der Waals surface area contributed by atoms with Crippen molar-refractivity contribution in [1.29, 1.82) is 0 Å². The Hall–Kier alpha value is -1.03. The van der Waals surface area contributed by atoms with Gasteiger partial charge in [-0.05, 0) is 42.9 Å². The molecule has 0 atom stereocenters. The van der Waals surface area contributed by atoms with E-state index >= 15 is 0 Å². The average molecular weight is 339 g/mol. The summed E-state index contributed by atoms with van der Waals surface area (Å²) in [5.41, 5.74) is 6.96. The molecule has 0 saturated heterocycles. The van der Waals surface area contributed by atoms with Gasteiger partial charge in [0.1, 0.15) is 0 Å². The van der Waals surface area contributed by atoms with Crippen LogP contribution in [0.4, 0.5) is 5.69 Å². The fraction of sp³-hybridized carbons (Fsp3) is 0.562. The zero-order valence-corrected chi connectivity index (χ0v) is 13.6. The quantitative estimate of drug-likeness (QED) is 0.816. The van der Waals surface area contributed by atoms with E-state index in [9.17, 15) is 4.79 Å². The van der Waals surface area contributed by atoms with Crippen LogP contribution in [0.15, 0.2) is 22.7 Å². The molecular formula is C16H23BrN2O. The summed E-state index contributed by atoms with van der Waals surface area (Å²) in [6.07, 6.45) is 6.35. The van der Waals surface area contributed by atoms with Gasteiger partial charge in [-0.3, -0.25) is 4.79 Å². The van der Waals surface area contributed by atoms with Crippen LogP contribution in [-0.2, 0) is 0 Å². The van der Waals surface area contributed by atoms with E-state index in [2.05, 4.69) is 28.2 Å². The lowest BCUT2D eigenvalue weighted by atomic mass is 9.81. The molecule has 1 amide bonds. The minimum atomic E-state index is -0.0624. The number of nitrogens with one attached hydrogen (secondary N) is 1. The zero-order valence-electron chi connectivity index (χ0n) is 12.0. The molecule has 0 bridgehead atoms. The Bertz CT molecular complexity index is 468. The summed E-state index contributed by atoms with van der Waals surface area (Å²) in [5.74, 6) is 1.45. The number of anilines is 1. The maximum Gasteiger partial charge on any atom is 0.253 e. The Balaban J connectivity index is 1.83. The number of carbonyl (C=O) groups excluding carboxylic acids is 1. The number of carbonyl (C=O) groups is 1.